The first-order valence-electron chi connectivity index (χ1n) is 38.1. The number of unbranched alkanes of at least 4 members (excludes halogenated alkanes) is 59. The van der Waals surface area contributed by atoms with Gasteiger partial charge in [-0.1, -0.05) is 385 Å². The van der Waals surface area contributed by atoms with Gasteiger partial charge in [-0.25, -0.2) is 0 Å². The smallest absolute Gasteiger partial charge is 0.305 e. The van der Waals surface area contributed by atoms with E-state index in [4.69, 9.17) is 4.74 Å². The second kappa shape index (κ2) is 72.8. The maximum Gasteiger partial charge on any atom is 0.305 e. The van der Waals surface area contributed by atoms with Gasteiger partial charge < -0.3 is 20.3 Å². The van der Waals surface area contributed by atoms with Gasteiger partial charge in [0.1, 0.15) is 0 Å². The molecule has 0 aromatic heterocycles. The van der Waals surface area contributed by atoms with E-state index < -0.39 is 12.1 Å². The topological polar surface area (TPSA) is 95.9 Å². The molecule has 3 N–H and O–H groups in total. The Kier molecular flexibility index (Phi) is 71.4. The lowest BCUT2D eigenvalue weighted by atomic mass is 10.0. The van der Waals surface area contributed by atoms with Crippen molar-refractivity contribution in [2.75, 3.05) is 13.2 Å². The van der Waals surface area contributed by atoms with Crippen LogP contribution >= 0.6 is 0 Å². The number of ether oxygens (including phenoxy) is 1. The lowest BCUT2D eigenvalue weighted by molar-refractivity contribution is -0.143. The van der Waals surface area contributed by atoms with Crippen LogP contribution in [0.4, 0.5) is 0 Å². The molecule has 0 radical (unpaired) electrons. The highest BCUT2D eigenvalue weighted by atomic mass is 16.5. The summed E-state index contributed by atoms with van der Waals surface area (Å²) in [6.45, 7) is 4.94. The fourth-order valence-electron chi connectivity index (χ4n) is 12.2. The molecule has 0 aromatic carbocycles. The second-order valence-corrected chi connectivity index (χ2v) is 26.3. The first-order valence-corrected chi connectivity index (χ1v) is 38.1. The van der Waals surface area contributed by atoms with Crippen LogP contribution in [-0.2, 0) is 14.3 Å². The third-order valence-corrected chi connectivity index (χ3v) is 18.0. The Morgan fingerprint density at radius 2 is 0.566 bits per heavy atom. The van der Waals surface area contributed by atoms with Crippen molar-refractivity contribution in [1.29, 1.82) is 0 Å². The summed E-state index contributed by atoms with van der Waals surface area (Å²) in [4.78, 5) is 24.6. The van der Waals surface area contributed by atoms with E-state index in [1.165, 1.54) is 360 Å². The van der Waals surface area contributed by atoms with Crippen molar-refractivity contribution in [3.05, 3.63) is 24.3 Å². The first kappa shape index (κ1) is 81.3. The van der Waals surface area contributed by atoms with Crippen LogP contribution in [0.5, 0.6) is 0 Å². The third kappa shape index (κ3) is 69.3. The van der Waals surface area contributed by atoms with E-state index in [2.05, 4.69) is 31.3 Å². The number of aliphatic hydroxyl groups excluding tert-OH is 2. The van der Waals surface area contributed by atoms with Crippen LogP contribution < -0.4 is 5.32 Å². The summed E-state index contributed by atoms with van der Waals surface area (Å²) in [5.74, 6) is -0.0454. The van der Waals surface area contributed by atoms with Crippen molar-refractivity contribution < 1.29 is 24.5 Å². The van der Waals surface area contributed by atoms with Crippen molar-refractivity contribution >= 4 is 11.9 Å². The number of amides is 1. The number of carbonyl (C=O) groups is 2. The van der Waals surface area contributed by atoms with Crippen LogP contribution in [0.1, 0.15) is 431 Å². The van der Waals surface area contributed by atoms with Gasteiger partial charge in [-0.15, -0.1) is 0 Å². The SMILES string of the molecule is CCCCCCC/C=C\CCCCCCCC(=O)OCCCCCCCCCCCCCCCCCCCCCCCCCCCCCCCCCCCC(=O)NC(CO)C(O)/C=C/CCCCCCCCCCCCCCCCCCC. The second-order valence-electron chi connectivity index (χ2n) is 26.3. The molecule has 0 saturated carbocycles. The van der Waals surface area contributed by atoms with Gasteiger partial charge in [0.05, 0.1) is 25.4 Å². The Morgan fingerprint density at radius 1 is 0.325 bits per heavy atom. The summed E-state index contributed by atoms with van der Waals surface area (Å²) in [5, 5.41) is 23.3. The minimum Gasteiger partial charge on any atom is -0.466 e. The molecule has 0 spiro atoms. The minimum atomic E-state index is -0.841. The number of allylic oxidation sites excluding steroid dienone is 3. The van der Waals surface area contributed by atoms with Crippen molar-refractivity contribution in [2.45, 2.75) is 443 Å². The molecule has 1 amide bonds. The number of carbonyl (C=O) groups excluding carboxylic acids is 2. The highest BCUT2D eigenvalue weighted by Gasteiger charge is 2.18. The van der Waals surface area contributed by atoms with Crippen LogP contribution in [0.2, 0.25) is 0 Å². The molecule has 0 aromatic rings. The fourth-order valence-corrected chi connectivity index (χ4v) is 12.2. The molecule has 0 fully saturated rings. The van der Waals surface area contributed by atoms with Crippen molar-refractivity contribution in [3.63, 3.8) is 0 Å². The average molecular weight is 1170 g/mol. The summed E-state index contributed by atoms with van der Waals surface area (Å²) in [6, 6.07) is -0.624. The summed E-state index contributed by atoms with van der Waals surface area (Å²) in [7, 11) is 0. The number of aliphatic hydroxyl groups is 2. The number of esters is 1. The fraction of sp³-hybridized carbons (Fsp3) is 0.922. The van der Waals surface area contributed by atoms with Crippen molar-refractivity contribution in [2.24, 2.45) is 0 Å². The molecular formula is C77H149NO5. The van der Waals surface area contributed by atoms with E-state index in [1.807, 2.05) is 6.08 Å². The van der Waals surface area contributed by atoms with Crippen LogP contribution in [0.15, 0.2) is 24.3 Å². The van der Waals surface area contributed by atoms with Gasteiger partial charge >= 0.3 is 5.97 Å². The quantitative estimate of drug-likeness (QED) is 0.0320. The van der Waals surface area contributed by atoms with E-state index in [1.54, 1.807) is 6.08 Å². The molecule has 0 saturated heterocycles. The molecule has 0 rings (SSSR count). The summed E-state index contributed by atoms with van der Waals surface area (Å²) in [6.07, 6.45) is 92.9. The first-order chi connectivity index (χ1) is 41.0. The molecular weight excluding hydrogens is 1020 g/mol. The zero-order valence-electron chi connectivity index (χ0n) is 56.5. The van der Waals surface area contributed by atoms with E-state index in [-0.39, 0.29) is 18.5 Å². The van der Waals surface area contributed by atoms with E-state index in [9.17, 15) is 19.8 Å². The maximum absolute atomic E-state index is 12.5. The van der Waals surface area contributed by atoms with Gasteiger partial charge in [0.15, 0.2) is 0 Å². The Bertz CT molecular complexity index is 1300. The molecule has 0 aliphatic carbocycles. The van der Waals surface area contributed by atoms with Crippen LogP contribution in [0.25, 0.3) is 0 Å². The van der Waals surface area contributed by atoms with Gasteiger partial charge in [-0.2, -0.15) is 0 Å². The van der Waals surface area contributed by atoms with Gasteiger partial charge in [0.25, 0.3) is 0 Å². The molecule has 83 heavy (non-hydrogen) atoms. The number of nitrogens with one attached hydrogen (secondary N) is 1. The molecule has 0 aliphatic rings. The molecule has 2 atom stereocenters. The Balaban J connectivity index is 3.34. The molecule has 0 heterocycles. The zero-order valence-corrected chi connectivity index (χ0v) is 56.5. The van der Waals surface area contributed by atoms with Gasteiger partial charge in [0.2, 0.25) is 5.91 Å². The summed E-state index contributed by atoms with van der Waals surface area (Å²) >= 11 is 0. The molecule has 2 unspecified atom stereocenters. The van der Waals surface area contributed by atoms with E-state index >= 15 is 0 Å². The van der Waals surface area contributed by atoms with Crippen molar-refractivity contribution in [1.82, 2.24) is 5.32 Å². The average Bonchev–Trinajstić information content (AvgIpc) is 3.48. The molecule has 492 valence electrons. The predicted octanol–water partition coefficient (Wildman–Crippen LogP) is 24.9. The highest BCUT2D eigenvalue weighted by Crippen LogP contribution is 2.20. The van der Waals surface area contributed by atoms with Crippen LogP contribution in [0.3, 0.4) is 0 Å². The largest absolute Gasteiger partial charge is 0.466 e. The zero-order chi connectivity index (χ0) is 59.9. The maximum atomic E-state index is 12.5. The Hall–Kier alpha value is -1.66. The normalized spacial score (nSPS) is 12.6. The molecule has 6 nitrogen and oxygen atoms in total. The lowest BCUT2D eigenvalue weighted by Gasteiger charge is -2.20. The molecule has 0 bridgehead atoms. The van der Waals surface area contributed by atoms with Crippen LogP contribution in [0, 0.1) is 0 Å². The molecule has 6 heteroatoms. The Morgan fingerprint density at radius 3 is 0.855 bits per heavy atom. The van der Waals surface area contributed by atoms with Gasteiger partial charge in [-0.05, 0) is 57.8 Å². The molecule has 0 aliphatic heterocycles. The Labute approximate surface area is 520 Å². The van der Waals surface area contributed by atoms with Gasteiger partial charge in [-0.3, -0.25) is 9.59 Å². The predicted molar refractivity (Wildman–Crippen MR) is 366 cm³/mol. The summed E-state index contributed by atoms with van der Waals surface area (Å²) < 4.78 is 5.49. The minimum absolute atomic E-state index is 0.0136. The van der Waals surface area contributed by atoms with Gasteiger partial charge in [0, 0.05) is 12.8 Å². The van der Waals surface area contributed by atoms with Crippen LogP contribution in [-0.4, -0.2) is 47.4 Å². The third-order valence-electron chi connectivity index (χ3n) is 18.0. The lowest BCUT2D eigenvalue weighted by Crippen LogP contribution is -2.45. The van der Waals surface area contributed by atoms with Crippen molar-refractivity contribution in [3.8, 4) is 0 Å². The summed E-state index contributed by atoms with van der Waals surface area (Å²) in [5.41, 5.74) is 0. The number of hydrogen-bond donors (Lipinski definition) is 3. The standard InChI is InChI=1S/C77H149NO5/c1-3-5-7-9-11-13-15-17-19-20-36-39-42-45-49-53-57-61-65-69-75(80)74(73-79)78-76(81)70-66-62-58-54-50-46-43-40-37-34-32-30-28-26-24-22-21-23-25-27-29-31-33-35-38-41-44-48-52-56-60-64-68-72-83-77(82)71-67-63-59-55-51-47-18-16-14-12-10-8-6-4-2/h16,18,65,69,74-75,79-80H,3-15,17,19-64,66-68,70-73H2,1-2H3,(H,78,81)/b18-16-,69-65+. The van der Waals surface area contributed by atoms with E-state index in [0.29, 0.717) is 19.4 Å². The van der Waals surface area contributed by atoms with E-state index in [0.717, 1.165) is 44.9 Å². The monoisotopic (exact) mass is 1170 g/mol. The number of hydrogen-bond acceptors (Lipinski definition) is 5. The highest BCUT2D eigenvalue weighted by molar-refractivity contribution is 5.76. The number of rotatable bonds is 72.